The lowest BCUT2D eigenvalue weighted by Gasteiger charge is -2.51. The first-order valence-corrected chi connectivity index (χ1v) is 4.98. The molecule has 0 saturated heterocycles. The molecule has 3 aliphatic rings. The van der Waals surface area contributed by atoms with E-state index in [2.05, 4.69) is 10.0 Å². The molecule has 3 fully saturated rings. The monoisotopic (exact) mass is 180 g/mol. The summed E-state index contributed by atoms with van der Waals surface area (Å²) in [5.74, 6) is 0. The molecule has 0 amide bonds. The van der Waals surface area contributed by atoms with Crippen LogP contribution in [0, 0.1) is 5.41 Å². The minimum Gasteiger partial charge on any atom is -0.325 e. The van der Waals surface area contributed by atoms with E-state index in [1.54, 1.807) is 0 Å². The normalized spacial score (nSPS) is 42.8. The third-order valence-electron chi connectivity index (χ3n) is 3.93. The number of hydrogen-bond acceptors (Lipinski definition) is 2. The Morgan fingerprint density at radius 2 is 1.69 bits per heavy atom. The van der Waals surface area contributed by atoms with Gasteiger partial charge in [0, 0.05) is 17.0 Å². The summed E-state index contributed by atoms with van der Waals surface area (Å²) >= 11 is 0. The van der Waals surface area contributed by atoms with Crippen molar-refractivity contribution >= 4 is 0 Å². The molecule has 13 heavy (non-hydrogen) atoms. The van der Waals surface area contributed by atoms with Crippen LogP contribution in [0.3, 0.4) is 0 Å². The van der Waals surface area contributed by atoms with E-state index >= 15 is 0 Å². The molecule has 0 aromatic rings. The van der Waals surface area contributed by atoms with E-state index in [1.165, 1.54) is 0 Å². The summed E-state index contributed by atoms with van der Waals surface area (Å²) in [6.45, 7) is 0.680. The van der Waals surface area contributed by atoms with Crippen molar-refractivity contribution in [1.82, 2.24) is 0 Å². The van der Waals surface area contributed by atoms with E-state index in [1.807, 2.05) is 0 Å². The largest absolute Gasteiger partial charge is 0.325 e. The van der Waals surface area contributed by atoms with Crippen LogP contribution in [0.15, 0.2) is 5.11 Å². The Balaban J connectivity index is 2.06. The number of nitrogens with zero attached hydrogens (tertiary/aromatic N) is 3. The highest BCUT2D eigenvalue weighted by Crippen LogP contribution is 2.51. The second-order valence-electron chi connectivity index (χ2n) is 4.75. The Morgan fingerprint density at radius 3 is 2.15 bits per heavy atom. The summed E-state index contributed by atoms with van der Waals surface area (Å²) < 4.78 is 0. The van der Waals surface area contributed by atoms with Crippen LogP contribution >= 0.6 is 0 Å². The molecule has 0 atom stereocenters. The van der Waals surface area contributed by atoms with Crippen molar-refractivity contribution in [3.8, 4) is 0 Å². The molecule has 0 aliphatic heterocycles. The Kier molecular flexibility index (Phi) is 1.97. The molecule has 2 N–H and O–H groups in total. The highest BCUT2D eigenvalue weighted by Gasteiger charge is 2.45. The molecule has 3 aliphatic carbocycles. The second-order valence-corrected chi connectivity index (χ2v) is 4.75. The van der Waals surface area contributed by atoms with Crippen LogP contribution in [0.5, 0.6) is 0 Å². The molecule has 0 heterocycles. The average Bonchev–Trinajstić information content (AvgIpc) is 2.18. The fraction of sp³-hybridized carbons (Fsp3) is 1.00. The molecule has 3 saturated carbocycles. The van der Waals surface area contributed by atoms with Crippen LogP contribution in [-0.2, 0) is 0 Å². The molecule has 4 nitrogen and oxygen atoms in total. The van der Waals surface area contributed by atoms with Crippen LogP contribution < -0.4 is 5.73 Å². The van der Waals surface area contributed by atoms with E-state index in [0.717, 1.165) is 38.5 Å². The van der Waals surface area contributed by atoms with E-state index in [-0.39, 0.29) is 5.54 Å². The molecule has 0 unspecified atom stereocenters. The van der Waals surface area contributed by atoms with Crippen molar-refractivity contribution in [3.05, 3.63) is 10.4 Å². The number of hydrogen-bond donors (Lipinski definition) is 1. The summed E-state index contributed by atoms with van der Waals surface area (Å²) in [6, 6.07) is 0. The van der Waals surface area contributed by atoms with Gasteiger partial charge in [0.2, 0.25) is 0 Å². The average molecular weight is 180 g/mol. The molecule has 0 spiro atoms. The van der Waals surface area contributed by atoms with Gasteiger partial charge in [0.15, 0.2) is 0 Å². The molecule has 0 radical (unpaired) electrons. The second kappa shape index (κ2) is 2.89. The van der Waals surface area contributed by atoms with Gasteiger partial charge in [-0.1, -0.05) is 5.11 Å². The SMILES string of the molecule is [N-]=[N+]=NCC12CCC(N)(CC1)CC2. The molecular weight excluding hydrogens is 164 g/mol. The van der Waals surface area contributed by atoms with Crippen LogP contribution in [0.4, 0.5) is 0 Å². The van der Waals surface area contributed by atoms with Gasteiger partial charge in [-0.05, 0) is 49.5 Å². The molecular formula is C9H16N4. The van der Waals surface area contributed by atoms with Crippen LogP contribution in [0.2, 0.25) is 0 Å². The number of fused-ring (bicyclic) bond motifs is 3. The van der Waals surface area contributed by atoms with Gasteiger partial charge in [-0.2, -0.15) is 0 Å². The first kappa shape index (κ1) is 8.85. The molecule has 0 aromatic heterocycles. The number of nitrogens with two attached hydrogens (primary N) is 1. The highest BCUT2D eigenvalue weighted by atomic mass is 15.1. The van der Waals surface area contributed by atoms with Crippen molar-refractivity contribution < 1.29 is 0 Å². The van der Waals surface area contributed by atoms with Crippen molar-refractivity contribution in [2.45, 2.75) is 44.1 Å². The molecule has 0 aromatic carbocycles. The van der Waals surface area contributed by atoms with Crippen LogP contribution in [0.1, 0.15) is 38.5 Å². The van der Waals surface area contributed by atoms with E-state index in [0.29, 0.717) is 12.0 Å². The Labute approximate surface area is 78.1 Å². The zero-order valence-electron chi connectivity index (χ0n) is 7.87. The minimum atomic E-state index is 0.123. The maximum absolute atomic E-state index is 8.30. The van der Waals surface area contributed by atoms with Crippen molar-refractivity contribution in [3.63, 3.8) is 0 Å². The summed E-state index contributed by atoms with van der Waals surface area (Å²) in [6.07, 6.45) is 6.82. The lowest BCUT2D eigenvalue weighted by atomic mass is 9.58. The maximum atomic E-state index is 8.30. The summed E-state index contributed by atoms with van der Waals surface area (Å²) in [7, 11) is 0. The van der Waals surface area contributed by atoms with Crippen molar-refractivity contribution in [2.24, 2.45) is 16.3 Å². The van der Waals surface area contributed by atoms with Crippen LogP contribution in [0.25, 0.3) is 10.4 Å². The van der Waals surface area contributed by atoms with E-state index in [9.17, 15) is 0 Å². The minimum absolute atomic E-state index is 0.123. The fourth-order valence-corrected chi connectivity index (χ4v) is 2.71. The standard InChI is InChI=1S/C9H16N4/c10-9-4-1-8(2-5-9,3-6-9)7-12-13-11/h1-7,10H2. The molecule has 4 heteroatoms. The predicted octanol–water partition coefficient (Wildman–Crippen LogP) is 2.35. The third-order valence-corrected chi connectivity index (χ3v) is 3.93. The molecule has 3 rings (SSSR count). The topological polar surface area (TPSA) is 74.8 Å². The lowest BCUT2D eigenvalue weighted by Crippen LogP contribution is -2.52. The van der Waals surface area contributed by atoms with Gasteiger partial charge in [-0.3, -0.25) is 0 Å². The van der Waals surface area contributed by atoms with Crippen LogP contribution in [-0.4, -0.2) is 12.1 Å². The van der Waals surface area contributed by atoms with Gasteiger partial charge in [-0.25, -0.2) is 0 Å². The molecule has 2 bridgehead atoms. The Bertz CT molecular complexity index is 230. The Hall–Kier alpha value is -0.730. The van der Waals surface area contributed by atoms with Gasteiger partial charge >= 0.3 is 0 Å². The van der Waals surface area contributed by atoms with Gasteiger partial charge in [-0.15, -0.1) is 0 Å². The lowest BCUT2D eigenvalue weighted by molar-refractivity contribution is 0.0522. The smallest absolute Gasteiger partial charge is 0.0314 e. The van der Waals surface area contributed by atoms with Gasteiger partial charge in [0.1, 0.15) is 0 Å². The van der Waals surface area contributed by atoms with E-state index in [4.69, 9.17) is 11.3 Å². The van der Waals surface area contributed by atoms with E-state index < -0.39 is 0 Å². The Morgan fingerprint density at radius 1 is 1.15 bits per heavy atom. The summed E-state index contributed by atoms with van der Waals surface area (Å²) in [4.78, 5) is 2.85. The zero-order valence-corrected chi connectivity index (χ0v) is 7.87. The fourth-order valence-electron chi connectivity index (χ4n) is 2.71. The van der Waals surface area contributed by atoms with Gasteiger partial charge < -0.3 is 5.73 Å². The van der Waals surface area contributed by atoms with Gasteiger partial charge in [0.05, 0.1) is 0 Å². The third kappa shape index (κ3) is 1.52. The summed E-state index contributed by atoms with van der Waals surface area (Å²) in [5, 5.41) is 3.73. The predicted molar refractivity (Wildman–Crippen MR) is 51.1 cm³/mol. The molecule has 72 valence electrons. The number of azide groups is 1. The maximum Gasteiger partial charge on any atom is 0.0314 e. The zero-order chi connectivity index (χ0) is 9.36. The number of rotatable bonds is 2. The summed E-state index contributed by atoms with van der Waals surface area (Å²) in [5.41, 5.74) is 14.9. The highest BCUT2D eigenvalue weighted by molar-refractivity contribution is 5.03. The van der Waals surface area contributed by atoms with Crippen molar-refractivity contribution in [1.29, 1.82) is 0 Å². The van der Waals surface area contributed by atoms with Crippen molar-refractivity contribution in [2.75, 3.05) is 6.54 Å². The first-order chi connectivity index (χ1) is 6.18. The van der Waals surface area contributed by atoms with Gasteiger partial charge in [0.25, 0.3) is 0 Å². The first-order valence-electron chi connectivity index (χ1n) is 4.98. The quantitative estimate of drug-likeness (QED) is 0.395.